The third-order valence-corrected chi connectivity index (χ3v) is 2.51. The monoisotopic (exact) mass is 234 g/mol. The third kappa shape index (κ3) is 1.51. The van der Waals surface area contributed by atoms with Gasteiger partial charge in [-0.1, -0.05) is 0 Å². The zero-order chi connectivity index (χ0) is 11.8. The van der Waals surface area contributed by atoms with Crippen molar-refractivity contribution >= 4 is 16.9 Å². The predicted octanol–water partition coefficient (Wildman–Crippen LogP) is 2.34. The van der Waals surface area contributed by atoms with Crippen LogP contribution in [-0.2, 0) is 4.74 Å². The highest BCUT2D eigenvalue weighted by Crippen LogP contribution is 2.40. The smallest absolute Gasteiger partial charge is 0.374 e. The van der Waals surface area contributed by atoms with E-state index in [-0.39, 0.29) is 12.6 Å². The molecule has 5 nitrogen and oxygen atoms in total. The Morgan fingerprint density at radius 2 is 2.29 bits per heavy atom. The van der Waals surface area contributed by atoms with Crippen LogP contribution in [0, 0.1) is 0 Å². The van der Waals surface area contributed by atoms with Gasteiger partial charge < -0.3 is 18.6 Å². The number of rotatable bonds is 2. The maximum Gasteiger partial charge on any atom is 0.374 e. The number of carbonyl (C=O) groups is 1. The molecule has 1 aromatic carbocycles. The lowest BCUT2D eigenvalue weighted by Crippen LogP contribution is -2.02. The van der Waals surface area contributed by atoms with Gasteiger partial charge in [0.2, 0.25) is 12.6 Å². The molecule has 17 heavy (non-hydrogen) atoms. The molecule has 3 rings (SSSR count). The van der Waals surface area contributed by atoms with Gasteiger partial charge in [-0.15, -0.1) is 0 Å². The molecule has 2 heterocycles. The molecule has 2 aromatic rings. The molecule has 0 saturated carbocycles. The van der Waals surface area contributed by atoms with E-state index in [0.29, 0.717) is 23.7 Å². The number of esters is 1. The zero-order valence-electron chi connectivity index (χ0n) is 9.19. The molecule has 0 spiro atoms. The molecule has 0 bridgehead atoms. The molecular weight excluding hydrogens is 224 g/mol. The second-order valence-electron chi connectivity index (χ2n) is 3.54. The fourth-order valence-electron chi connectivity index (χ4n) is 1.78. The van der Waals surface area contributed by atoms with Gasteiger partial charge in [0.1, 0.15) is 5.58 Å². The molecule has 1 aromatic heterocycles. The Labute approximate surface area is 96.9 Å². The Kier molecular flexibility index (Phi) is 2.18. The van der Waals surface area contributed by atoms with Gasteiger partial charge in [0.05, 0.1) is 12.0 Å². The molecule has 1 aliphatic heterocycles. The van der Waals surface area contributed by atoms with Crippen molar-refractivity contribution in [2.45, 2.75) is 6.92 Å². The van der Waals surface area contributed by atoms with Gasteiger partial charge in [-0.05, 0) is 19.1 Å². The van der Waals surface area contributed by atoms with Crippen molar-refractivity contribution in [1.82, 2.24) is 0 Å². The van der Waals surface area contributed by atoms with Gasteiger partial charge in [0.15, 0.2) is 11.5 Å². The molecule has 0 unspecified atom stereocenters. The van der Waals surface area contributed by atoms with Gasteiger partial charge >= 0.3 is 5.97 Å². The fraction of sp³-hybridized carbons (Fsp3) is 0.250. The second kappa shape index (κ2) is 3.69. The minimum absolute atomic E-state index is 0.172. The summed E-state index contributed by atoms with van der Waals surface area (Å²) in [4.78, 5) is 11.5. The van der Waals surface area contributed by atoms with E-state index in [0.717, 1.165) is 5.39 Å². The van der Waals surface area contributed by atoms with Crippen molar-refractivity contribution < 1.29 is 23.4 Å². The van der Waals surface area contributed by atoms with Crippen molar-refractivity contribution in [3.05, 3.63) is 24.0 Å². The summed E-state index contributed by atoms with van der Waals surface area (Å²) in [7, 11) is 0. The van der Waals surface area contributed by atoms with Crippen LogP contribution < -0.4 is 9.47 Å². The molecule has 0 saturated heterocycles. The predicted molar refractivity (Wildman–Crippen MR) is 58.3 cm³/mol. The fourth-order valence-corrected chi connectivity index (χ4v) is 1.78. The van der Waals surface area contributed by atoms with Crippen LogP contribution in [0.15, 0.2) is 22.6 Å². The lowest BCUT2D eigenvalue weighted by molar-refractivity contribution is 0.0492. The van der Waals surface area contributed by atoms with Crippen molar-refractivity contribution in [1.29, 1.82) is 0 Å². The number of furan rings is 1. The van der Waals surface area contributed by atoms with Gasteiger partial charge in [-0.25, -0.2) is 4.79 Å². The topological polar surface area (TPSA) is 57.9 Å². The summed E-state index contributed by atoms with van der Waals surface area (Å²) in [5.74, 6) is 0.970. The first-order valence-corrected chi connectivity index (χ1v) is 5.29. The molecule has 1 aliphatic rings. The van der Waals surface area contributed by atoms with Gasteiger partial charge in [0.25, 0.3) is 0 Å². The van der Waals surface area contributed by atoms with E-state index in [4.69, 9.17) is 18.6 Å². The highest BCUT2D eigenvalue weighted by atomic mass is 16.7. The normalized spacial score (nSPS) is 13.0. The Hall–Kier alpha value is -2.17. The summed E-state index contributed by atoms with van der Waals surface area (Å²) < 4.78 is 20.8. The summed E-state index contributed by atoms with van der Waals surface area (Å²) in [5, 5.41) is 0.725. The molecular formula is C12H10O5. The molecule has 0 fully saturated rings. The van der Waals surface area contributed by atoms with Crippen molar-refractivity contribution in [2.24, 2.45) is 0 Å². The standard InChI is InChI=1S/C12H10O5/c1-2-14-12(13)10-5-7-8(17-10)3-4-9-11(7)16-6-15-9/h3-5H,2,6H2,1H3. The van der Waals surface area contributed by atoms with E-state index in [9.17, 15) is 4.79 Å². The maximum atomic E-state index is 11.5. The summed E-state index contributed by atoms with van der Waals surface area (Å²) >= 11 is 0. The molecule has 5 heteroatoms. The summed E-state index contributed by atoms with van der Waals surface area (Å²) in [5.41, 5.74) is 0.581. The second-order valence-corrected chi connectivity index (χ2v) is 3.54. The quantitative estimate of drug-likeness (QED) is 0.746. The summed E-state index contributed by atoms with van der Waals surface area (Å²) in [6.07, 6.45) is 0. The first-order valence-electron chi connectivity index (χ1n) is 5.29. The maximum absolute atomic E-state index is 11.5. The van der Waals surface area contributed by atoms with Gasteiger partial charge in [-0.3, -0.25) is 0 Å². The number of hydrogen-bond donors (Lipinski definition) is 0. The number of carbonyl (C=O) groups excluding carboxylic acids is 1. The van der Waals surface area contributed by atoms with E-state index in [1.807, 2.05) is 0 Å². The Morgan fingerprint density at radius 3 is 3.12 bits per heavy atom. The van der Waals surface area contributed by atoms with E-state index >= 15 is 0 Å². The lowest BCUT2D eigenvalue weighted by atomic mass is 10.2. The first-order chi connectivity index (χ1) is 8.29. The highest BCUT2D eigenvalue weighted by molar-refractivity contribution is 5.96. The van der Waals surface area contributed by atoms with Crippen LogP contribution >= 0.6 is 0 Å². The summed E-state index contributed by atoms with van der Waals surface area (Å²) in [6.45, 7) is 2.25. The van der Waals surface area contributed by atoms with E-state index in [1.54, 1.807) is 25.1 Å². The van der Waals surface area contributed by atoms with Crippen molar-refractivity contribution in [3.8, 4) is 11.5 Å². The largest absolute Gasteiger partial charge is 0.460 e. The summed E-state index contributed by atoms with van der Waals surface area (Å²) in [6, 6.07) is 5.11. The minimum atomic E-state index is -0.476. The molecule has 88 valence electrons. The average molecular weight is 234 g/mol. The van der Waals surface area contributed by atoms with Crippen LogP contribution in [0.4, 0.5) is 0 Å². The van der Waals surface area contributed by atoms with Crippen molar-refractivity contribution in [2.75, 3.05) is 13.4 Å². The third-order valence-electron chi connectivity index (χ3n) is 2.51. The number of benzene rings is 1. The Morgan fingerprint density at radius 1 is 1.41 bits per heavy atom. The first kappa shape index (κ1) is 10.0. The average Bonchev–Trinajstić information content (AvgIpc) is 2.94. The number of hydrogen-bond acceptors (Lipinski definition) is 5. The van der Waals surface area contributed by atoms with Crippen LogP contribution in [0.1, 0.15) is 17.5 Å². The van der Waals surface area contributed by atoms with Crippen LogP contribution in [0.2, 0.25) is 0 Å². The highest BCUT2D eigenvalue weighted by Gasteiger charge is 2.21. The van der Waals surface area contributed by atoms with Crippen molar-refractivity contribution in [3.63, 3.8) is 0 Å². The molecule has 0 atom stereocenters. The zero-order valence-corrected chi connectivity index (χ0v) is 9.19. The minimum Gasteiger partial charge on any atom is -0.460 e. The molecule has 0 N–H and O–H groups in total. The van der Waals surface area contributed by atoms with E-state index < -0.39 is 5.97 Å². The van der Waals surface area contributed by atoms with E-state index in [1.165, 1.54) is 0 Å². The van der Waals surface area contributed by atoms with Gasteiger partial charge in [0, 0.05) is 6.07 Å². The number of ether oxygens (including phenoxy) is 3. The van der Waals surface area contributed by atoms with Crippen LogP contribution in [0.25, 0.3) is 11.0 Å². The SMILES string of the molecule is CCOC(=O)c1cc2c3c(ccc2o1)OCO3. The molecule has 0 aliphatic carbocycles. The molecule has 0 amide bonds. The Bertz CT molecular complexity index is 584. The van der Waals surface area contributed by atoms with Crippen LogP contribution in [-0.4, -0.2) is 19.4 Å². The number of fused-ring (bicyclic) bond motifs is 3. The van der Waals surface area contributed by atoms with Crippen LogP contribution in [0.3, 0.4) is 0 Å². The lowest BCUT2D eigenvalue weighted by Gasteiger charge is -1.95. The Balaban J connectivity index is 2.10. The van der Waals surface area contributed by atoms with E-state index in [2.05, 4.69) is 0 Å². The molecule has 0 radical (unpaired) electrons. The van der Waals surface area contributed by atoms with Gasteiger partial charge in [-0.2, -0.15) is 0 Å². The van der Waals surface area contributed by atoms with Crippen LogP contribution in [0.5, 0.6) is 11.5 Å².